The Hall–Kier alpha value is -1.34. The van der Waals surface area contributed by atoms with Crippen LogP contribution in [0.15, 0.2) is 9.95 Å². The molecule has 1 atom stereocenters. The van der Waals surface area contributed by atoms with Gasteiger partial charge in [0.1, 0.15) is 4.83 Å². The van der Waals surface area contributed by atoms with E-state index in [2.05, 4.69) is 6.92 Å². The first-order valence-corrected chi connectivity index (χ1v) is 11.6. The first-order chi connectivity index (χ1) is 13.0. The monoisotopic (exact) mass is 405 g/mol. The lowest BCUT2D eigenvalue weighted by atomic mass is 9.97. The maximum Gasteiger partial charge on any atom is 0.262 e. The molecular weight excluding hydrogens is 378 g/mol. The molecule has 1 fully saturated rings. The van der Waals surface area contributed by atoms with Crippen molar-refractivity contribution in [3.8, 4) is 0 Å². The molecule has 0 aromatic carbocycles. The summed E-state index contributed by atoms with van der Waals surface area (Å²) in [7, 11) is 1.78. The molecule has 3 heterocycles. The van der Waals surface area contributed by atoms with Gasteiger partial charge in [0.2, 0.25) is 5.91 Å². The van der Waals surface area contributed by atoms with Crippen molar-refractivity contribution < 1.29 is 4.79 Å². The molecule has 2 aromatic rings. The summed E-state index contributed by atoms with van der Waals surface area (Å²) in [5, 5.41) is 1.23. The van der Waals surface area contributed by atoms with Gasteiger partial charge in [0.25, 0.3) is 5.56 Å². The van der Waals surface area contributed by atoms with Gasteiger partial charge in [0.05, 0.1) is 10.6 Å². The number of amides is 1. The standard InChI is InChI=1S/C20H27N3O2S2/c1-12-8-10-23(11-9-12)18(24)13(2)26-20-21-17-16(19(25)22(20)3)14-6-4-5-7-15(14)27-17/h12-13H,4-11H2,1-3H3. The fourth-order valence-corrected chi connectivity index (χ4v) is 6.33. The Bertz CT molecular complexity index is 925. The molecule has 1 saturated heterocycles. The van der Waals surface area contributed by atoms with Gasteiger partial charge in [-0.2, -0.15) is 0 Å². The van der Waals surface area contributed by atoms with Crippen molar-refractivity contribution in [2.24, 2.45) is 13.0 Å². The van der Waals surface area contributed by atoms with Crippen molar-refractivity contribution in [3.05, 3.63) is 20.8 Å². The Morgan fingerprint density at radius 2 is 1.96 bits per heavy atom. The van der Waals surface area contributed by atoms with Crippen LogP contribution < -0.4 is 5.56 Å². The van der Waals surface area contributed by atoms with Crippen LogP contribution in [0, 0.1) is 5.92 Å². The third kappa shape index (κ3) is 3.56. The predicted octanol–water partition coefficient (Wildman–Crippen LogP) is 3.61. The van der Waals surface area contributed by atoms with E-state index in [1.807, 2.05) is 11.8 Å². The summed E-state index contributed by atoms with van der Waals surface area (Å²) in [5.74, 6) is 0.860. The Morgan fingerprint density at radius 1 is 1.26 bits per heavy atom. The Kier molecular flexibility index (Phi) is 5.34. The van der Waals surface area contributed by atoms with Gasteiger partial charge >= 0.3 is 0 Å². The smallest absolute Gasteiger partial charge is 0.262 e. The molecule has 1 aliphatic heterocycles. The van der Waals surface area contributed by atoms with E-state index in [0.29, 0.717) is 11.1 Å². The van der Waals surface area contributed by atoms with Gasteiger partial charge in [0.15, 0.2) is 5.16 Å². The first-order valence-electron chi connectivity index (χ1n) is 9.92. The van der Waals surface area contributed by atoms with E-state index in [0.717, 1.165) is 55.4 Å². The largest absolute Gasteiger partial charge is 0.342 e. The minimum Gasteiger partial charge on any atom is -0.342 e. The second-order valence-electron chi connectivity index (χ2n) is 7.92. The third-order valence-corrected chi connectivity index (χ3v) is 8.20. The molecule has 4 rings (SSSR count). The zero-order valence-electron chi connectivity index (χ0n) is 16.3. The lowest BCUT2D eigenvalue weighted by Crippen LogP contribution is -2.41. The van der Waals surface area contributed by atoms with Crippen molar-refractivity contribution in [2.45, 2.75) is 62.8 Å². The maximum absolute atomic E-state index is 13.0. The van der Waals surface area contributed by atoms with Crippen LogP contribution in [0.3, 0.4) is 0 Å². The molecule has 0 saturated carbocycles. The number of thiophene rings is 1. The van der Waals surface area contributed by atoms with Gasteiger partial charge < -0.3 is 4.90 Å². The molecule has 5 nitrogen and oxygen atoms in total. The summed E-state index contributed by atoms with van der Waals surface area (Å²) in [5.41, 5.74) is 1.26. The van der Waals surface area contributed by atoms with Gasteiger partial charge in [-0.3, -0.25) is 14.2 Å². The normalized spacial score (nSPS) is 19.3. The van der Waals surface area contributed by atoms with Crippen molar-refractivity contribution in [2.75, 3.05) is 13.1 Å². The van der Waals surface area contributed by atoms with E-state index < -0.39 is 0 Å². The number of piperidine rings is 1. The number of thioether (sulfide) groups is 1. The number of aryl methyl sites for hydroxylation is 2. The quantitative estimate of drug-likeness (QED) is 0.578. The Labute approximate surface area is 168 Å². The van der Waals surface area contributed by atoms with Crippen LogP contribution >= 0.6 is 23.1 Å². The van der Waals surface area contributed by atoms with E-state index in [-0.39, 0.29) is 16.7 Å². The summed E-state index contributed by atoms with van der Waals surface area (Å²) in [6, 6.07) is 0. The van der Waals surface area contributed by atoms with Crippen LogP contribution in [0.4, 0.5) is 0 Å². The zero-order valence-corrected chi connectivity index (χ0v) is 17.9. The van der Waals surface area contributed by atoms with Gasteiger partial charge in [-0.15, -0.1) is 11.3 Å². The number of hydrogen-bond donors (Lipinski definition) is 0. The highest BCUT2D eigenvalue weighted by Crippen LogP contribution is 2.35. The summed E-state index contributed by atoms with van der Waals surface area (Å²) in [4.78, 5) is 34.8. The van der Waals surface area contributed by atoms with Crippen LogP contribution in [0.1, 0.15) is 50.0 Å². The summed E-state index contributed by atoms with van der Waals surface area (Å²) in [6.07, 6.45) is 6.55. The number of carbonyl (C=O) groups excluding carboxylic acids is 1. The molecule has 2 aliphatic rings. The first kappa shape index (κ1) is 19.0. The van der Waals surface area contributed by atoms with E-state index in [4.69, 9.17) is 4.98 Å². The topological polar surface area (TPSA) is 55.2 Å². The lowest BCUT2D eigenvalue weighted by Gasteiger charge is -2.32. The average molecular weight is 406 g/mol. The molecule has 2 aromatic heterocycles. The molecule has 1 amide bonds. The number of fused-ring (bicyclic) bond motifs is 3. The molecule has 0 N–H and O–H groups in total. The van der Waals surface area contributed by atoms with Crippen LogP contribution in [-0.2, 0) is 24.7 Å². The number of nitrogens with zero attached hydrogens (tertiary/aromatic N) is 3. The number of rotatable bonds is 3. The molecule has 1 aliphatic carbocycles. The molecule has 0 spiro atoms. The summed E-state index contributed by atoms with van der Waals surface area (Å²) in [6.45, 7) is 5.86. The van der Waals surface area contributed by atoms with Gasteiger partial charge in [-0.1, -0.05) is 18.7 Å². The number of aromatic nitrogens is 2. The number of carbonyl (C=O) groups is 1. The fraction of sp³-hybridized carbons (Fsp3) is 0.650. The molecule has 7 heteroatoms. The predicted molar refractivity (Wildman–Crippen MR) is 112 cm³/mol. The van der Waals surface area contributed by atoms with Crippen LogP contribution in [0.5, 0.6) is 0 Å². The molecule has 0 radical (unpaired) electrons. The number of likely N-dealkylation sites (tertiary alicyclic amines) is 1. The Morgan fingerprint density at radius 3 is 2.70 bits per heavy atom. The van der Waals surface area contributed by atoms with Crippen molar-refractivity contribution in [1.29, 1.82) is 0 Å². The maximum atomic E-state index is 13.0. The molecule has 146 valence electrons. The second kappa shape index (κ2) is 7.59. The molecule has 0 bridgehead atoms. The van der Waals surface area contributed by atoms with E-state index in [1.165, 1.54) is 28.6 Å². The van der Waals surface area contributed by atoms with E-state index in [1.54, 1.807) is 23.0 Å². The van der Waals surface area contributed by atoms with Crippen molar-refractivity contribution >= 4 is 39.2 Å². The van der Waals surface area contributed by atoms with Gasteiger partial charge in [0, 0.05) is 25.0 Å². The summed E-state index contributed by atoms with van der Waals surface area (Å²) >= 11 is 3.08. The zero-order chi connectivity index (χ0) is 19.1. The number of hydrogen-bond acceptors (Lipinski definition) is 5. The van der Waals surface area contributed by atoms with Crippen LogP contribution in [-0.4, -0.2) is 38.7 Å². The second-order valence-corrected chi connectivity index (χ2v) is 10.3. The highest BCUT2D eigenvalue weighted by Gasteiger charge is 2.27. The summed E-state index contributed by atoms with van der Waals surface area (Å²) < 4.78 is 1.64. The van der Waals surface area contributed by atoms with Gasteiger partial charge in [-0.25, -0.2) is 4.98 Å². The van der Waals surface area contributed by atoms with Crippen molar-refractivity contribution in [3.63, 3.8) is 0 Å². The van der Waals surface area contributed by atoms with E-state index in [9.17, 15) is 9.59 Å². The Balaban J connectivity index is 1.59. The molecule has 27 heavy (non-hydrogen) atoms. The minimum absolute atomic E-state index is 0.0355. The fourth-order valence-electron chi connectivity index (χ4n) is 4.07. The molecular formula is C20H27N3O2S2. The lowest BCUT2D eigenvalue weighted by molar-refractivity contribution is -0.131. The third-order valence-electron chi connectivity index (χ3n) is 5.88. The minimum atomic E-state index is -0.233. The van der Waals surface area contributed by atoms with Crippen LogP contribution in [0.25, 0.3) is 10.2 Å². The van der Waals surface area contributed by atoms with E-state index >= 15 is 0 Å². The highest BCUT2D eigenvalue weighted by atomic mass is 32.2. The average Bonchev–Trinajstić information content (AvgIpc) is 3.04. The van der Waals surface area contributed by atoms with Crippen LogP contribution in [0.2, 0.25) is 0 Å². The highest BCUT2D eigenvalue weighted by molar-refractivity contribution is 8.00. The molecule has 1 unspecified atom stereocenters. The van der Waals surface area contributed by atoms with Gasteiger partial charge in [-0.05, 0) is 56.9 Å². The van der Waals surface area contributed by atoms with Crippen molar-refractivity contribution in [1.82, 2.24) is 14.5 Å². The SMILES string of the molecule is CC1CCN(C(=O)C(C)Sc2nc3sc4c(c3c(=O)n2C)CCCC4)CC1.